The molecule has 1 aliphatic rings. The number of benzene rings is 2. The van der Waals surface area contributed by atoms with Gasteiger partial charge in [-0.25, -0.2) is 15.2 Å². The molecular weight excluding hydrogens is 524 g/mol. The van der Waals surface area contributed by atoms with Crippen molar-refractivity contribution in [3.63, 3.8) is 0 Å². The van der Waals surface area contributed by atoms with E-state index >= 15 is 0 Å². The quantitative estimate of drug-likeness (QED) is 0.146. The van der Waals surface area contributed by atoms with Crippen LogP contribution in [0.2, 0.25) is 0 Å². The summed E-state index contributed by atoms with van der Waals surface area (Å²) >= 11 is 2.73. The van der Waals surface area contributed by atoms with Gasteiger partial charge >= 0.3 is 5.97 Å². The smallest absolute Gasteiger partial charge is 0.335 e. The standard InChI is InChI=1S/C27H24N4O5S2/c1-36-19-12-10-18(11-13-19)31-25(33)23-20-4-2-3-5-21(20)38-24(23)29-27(31)37-15-22(32)30-28-14-16-6-8-17(9-7-16)26(34)35/h6-14H,2-5,15H2,1H3,(H,30,32)(H,34,35). The summed E-state index contributed by atoms with van der Waals surface area (Å²) in [6.45, 7) is 0. The van der Waals surface area contributed by atoms with Crippen LogP contribution in [0.4, 0.5) is 0 Å². The number of fused-ring (bicyclic) bond motifs is 3. The van der Waals surface area contributed by atoms with Crippen LogP contribution in [0.25, 0.3) is 15.9 Å². The highest BCUT2D eigenvalue weighted by Crippen LogP contribution is 2.35. The Morgan fingerprint density at radius 3 is 2.61 bits per heavy atom. The SMILES string of the molecule is COc1ccc(-n2c(SCC(=O)NN=Cc3ccc(C(=O)O)cc3)nc3sc4c(c3c2=O)CCCC4)cc1. The number of aromatic nitrogens is 2. The van der Waals surface area contributed by atoms with Crippen LogP contribution in [-0.2, 0) is 17.6 Å². The van der Waals surface area contributed by atoms with Crippen molar-refractivity contribution in [1.82, 2.24) is 15.0 Å². The van der Waals surface area contributed by atoms with Crippen LogP contribution in [-0.4, -0.2) is 45.6 Å². The molecule has 4 aromatic rings. The average molecular weight is 549 g/mol. The third kappa shape index (κ3) is 5.34. The van der Waals surface area contributed by atoms with E-state index in [0.717, 1.165) is 43.0 Å². The highest BCUT2D eigenvalue weighted by atomic mass is 32.2. The van der Waals surface area contributed by atoms with Gasteiger partial charge in [0.1, 0.15) is 10.6 Å². The number of amides is 1. The molecule has 2 heterocycles. The van der Waals surface area contributed by atoms with E-state index in [-0.39, 0.29) is 22.8 Å². The van der Waals surface area contributed by atoms with Gasteiger partial charge in [-0.15, -0.1) is 11.3 Å². The number of nitrogens with one attached hydrogen (secondary N) is 1. The molecule has 194 valence electrons. The molecule has 9 nitrogen and oxygen atoms in total. The summed E-state index contributed by atoms with van der Waals surface area (Å²) in [5.41, 5.74) is 4.90. The molecule has 2 aromatic carbocycles. The van der Waals surface area contributed by atoms with Crippen LogP contribution in [0.5, 0.6) is 5.75 Å². The number of methoxy groups -OCH3 is 1. The first-order valence-electron chi connectivity index (χ1n) is 11.9. The summed E-state index contributed by atoms with van der Waals surface area (Å²) < 4.78 is 6.83. The highest BCUT2D eigenvalue weighted by molar-refractivity contribution is 7.99. The van der Waals surface area contributed by atoms with Gasteiger partial charge in [0.15, 0.2) is 5.16 Å². The fourth-order valence-corrected chi connectivity index (χ4v) is 6.40. The normalized spacial score (nSPS) is 13.0. The summed E-state index contributed by atoms with van der Waals surface area (Å²) in [5, 5.41) is 14.0. The Hall–Kier alpha value is -3.96. The summed E-state index contributed by atoms with van der Waals surface area (Å²) in [5.74, 6) is -0.710. The van der Waals surface area contributed by atoms with Gasteiger partial charge in [-0.3, -0.25) is 14.2 Å². The van der Waals surface area contributed by atoms with E-state index in [4.69, 9.17) is 14.8 Å². The van der Waals surface area contributed by atoms with Crippen molar-refractivity contribution >= 4 is 51.4 Å². The number of hydrogen-bond donors (Lipinski definition) is 2. The fraction of sp³-hybridized carbons (Fsp3) is 0.222. The maximum atomic E-state index is 13.8. The molecule has 38 heavy (non-hydrogen) atoms. The van der Waals surface area contributed by atoms with Gasteiger partial charge in [0.25, 0.3) is 11.5 Å². The number of aromatic carboxylic acids is 1. The largest absolute Gasteiger partial charge is 0.497 e. The second-order valence-electron chi connectivity index (χ2n) is 8.63. The van der Waals surface area contributed by atoms with E-state index in [1.807, 2.05) is 0 Å². The number of carbonyl (C=O) groups excluding carboxylic acids is 1. The van der Waals surface area contributed by atoms with E-state index in [1.165, 1.54) is 23.2 Å². The fourth-order valence-electron chi connectivity index (χ4n) is 4.30. The van der Waals surface area contributed by atoms with Gasteiger partial charge < -0.3 is 9.84 Å². The van der Waals surface area contributed by atoms with Crippen LogP contribution >= 0.6 is 23.1 Å². The molecule has 0 unspecified atom stereocenters. The zero-order valence-corrected chi connectivity index (χ0v) is 22.1. The molecule has 0 aliphatic heterocycles. The van der Waals surface area contributed by atoms with Gasteiger partial charge in [-0.2, -0.15) is 5.10 Å². The molecule has 0 bridgehead atoms. The number of aryl methyl sites for hydroxylation is 2. The van der Waals surface area contributed by atoms with Crippen LogP contribution in [0.3, 0.4) is 0 Å². The Bertz CT molecular complexity index is 1590. The van der Waals surface area contributed by atoms with Gasteiger partial charge in [0.2, 0.25) is 0 Å². The van der Waals surface area contributed by atoms with Crippen molar-refractivity contribution in [2.75, 3.05) is 12.9 Å². The molecule has 0 fully saturated rings. The van der Waals surface area contributed by atoms with Crippen LogP contribution in [0.1, 0.15) is 39.2 Å². The number of nitrogens with zero attached hydrogens (tertiary/aromatic N) is 3. The maximum absolute atomic E-state index is 13.8. The Balaban J connectivity index is 1.39. The van der Waals surface area contributed by atoms with E-state index in [9.17, 15) is 14.4 Å². The molecule has 0 radical (unpaired) electrons. The third-order valence-electron chi connectivity index (χ3n) is 6.18. The van der Waals surface area contributed by atoms with E-state index in [2.05, 4.69) is 10.5 Å². The number of carboxylic acids is 1. The first-order valence-corrected chi connectivity index (χ1v) is 13.7. The van der Waals surface area contributed by atoms with Gasteiger partial charge in [-0.1, -0.05) is 23.9 Å². The summed E-state index contributed by atoms with van der Waals surface area (Å²) in [6.07, 6.45) is 5.43. The monoisotopic (exact) mass is 548 g/mol. The van der Waals surface area contributed by atoms with Crippen LogP contribution in [0.15, 0.2) is 63.6 Å². The molecule has 0 spiro atoms. The van der Waals surface area contributed by atoms with Crippen molar-refractivity contribution in [2.45, 2.75) is 30.8 Å². The molecule has 1 amide bonds. The number of carboxylic acid groups (broad SMARTS) is 1. The van der Waals surface area contributed by atoms with E-state index in [1.54, 1.807) is 59.4 Å². The summed E-state index contributed by atoms with van der Waals surface area (Å²) in [4.78, 5) is 44.1. The van der Waals surface area contributed by atoms with Gasteiger partial charge in [-0.05, 0) is 73.2 Å². The molecule has 2 aromatic heterocycles. The molecule has 5 rings (SSSR count). The first-order chi connectivity index (χ1) is 18.4. The minimum absolute atomic E-state index is 0.00547. The Kier molecular flexibility index (Phi) is 7.57. The summed E-state index contributed by atoms with van der Waals surface area (Å²) in [7, 11) is 1.58. The maximum Gasteiger partial charge on any atom is 0.335 e. The first kappa shape index (κ1) is 25.7. The van der Waals surface area contributed by atoms with Crippen molar-refractivity contribution in [2.24, 2.45) is 5.10 Å². The molecule has 0 saturated heterocycles. The van der Waals surface area contributed by atoms with Crippen molar-refractivity contribution in [3.05, 3.63) is 80.5 Å². The number of carbonyl (C=O) groups is 2. The Morgan fingerprint density at radius 1 is 1.16 bits per heavy atom. The predicted octanol–water partition coefficient (Wildman–Crippen LogP) is 4.28. The highest BCUT2D eigenvalue weighted by Gasteiger charge is 2.23. The molecule has 0 saturated carbocycles. The van der Waals surface area contributed by atoms with Gasteiger partial charge in [0.05, 0.1) is 35.7 Å². The second kappa shape index (κ2) is 11.2. The number of hydrogen-bond acceptors (Lipinski definition) is 8. The molecular formula is C27H24N4O5S2. The van der Waals surface area contributed by atoms with Crippen LogP contribution < -0.4 is 15.7 Å². The van der Waals surface area contributed by atoms with Crippen LogP contribution in [0, 0.1) is 0 Å². The second-order valence-corrected chi connectivity index (χ2v) is 10.7. The average Bonchev–Trinajstić information content (AvgIpc) is 3.31. The lowest BCUT2D eigenvalue weighted by Gasteiger charge is -2.14. The Labute approximate surface area is 226 Å². The molecule has 1 aliphatic carbocycles. The van der Waals surface area contributed by atoms with E-state index < -0.39 is 5.97 Å². The third-order valence-corrected chi connectivity index (χ3v) is 8.31. The topological polar surface area (TPSA) is 123 Å². The van der Waals surface area contributed by atoms with Crippen molar-refractivity contribution in [3.8, 4) is 11.4 Å². The zero-order chi connectivity index (χ0) is 26.6. The minimum atomic E-state index is -1.01. The summed E-state index contributed by atoms with van der Waals surface area (Å²) in [6, 6.07) is 13.3. The number of thioether (sulfide) groups is 1. The van der Waals surface area contributed by atoms with E-state index in [0.29, 0.717) is 32.4 Å². The minimum Gasteiger partial charge on any atom is -0.497 e. The molecule has 0 atom stereocenters. The lowest BCUT2D eigenvalue weighted by atomic mass is 9.97. The zero-order valence-electron chi connectivity index (χ0n) is 20.5. The number of rotatable bonds is 8. The lowest BCUT2D eigenvalue weighted by molar-refractivity contribution is -0.118. The molecule has 2 N–H and O–H groups in total. The number of ether oxygens (including phenoxy) is 1. The number of hydrazone groups is 1. The Morgan fingerprint density at radius 2 is 1.89 bits per heavy atom. The predicted molar refractivity (Wildman–Crippen MR) is 148 cm³/mol. The molecule has 11 heteroatoms. The van der Waals surface area contributed by atoms with Crippen molar-refractivity contribution < 1.29 is 19.4 Å². The lowest BCUT2D eigenvalue weighted by Crippen LogP contribution is -2.24. The van der Waals surface area contributed by atoms with Crippen molar-refractivity contribution in [1.29, 1.82) is 0 Å². The number of thiophene rings is 1. The van der Waals surface area contributed by atoms with Gasteiger partial charge in [0, 0.05) is 4.88 Å².